The van der Waals surface area contributed by atoms with Crippen LogP contribution in [0.1, 0.15) is 37.3 Å². The summed E-state index contributed by atoms with van der Waals surface area (Å²) in [5, 5.41) is 14.6. The molecule has 2 amide bonds. The van der Waals surface area contributed by atoms with Gasteiger partial charge in [-0.3, -0.25) is 9.59 Å². The lowest BCUT2D eigenvalue weighted by molar-refractivity contribution is -0.121. The average molecular weight is 508 g/mol. The van der Waals surface area contributed by atoms with Crippen LogP contribution in [0.4, 0.5) is 10.7 Å². The summed E-state index contributed by atoms with van der Waals surface area (Å²) >= 11 is 11.1. The number of halogens is 2. The van der Waals surface area contributed by atoms with E-state index in [-0.39, 0.29) is 18.4 Å². The second-order valence-corrected chi connectivity index (χ2v) is 9.44. The Labute approximate surface area is 192 Å². The molecule has 0 spiro atoms. The van der Waals surface area contributed by atoms with Crippen molar-refractivity contribution in [3.05, 3.63) is 44.2 Å². The van der Waals surface area contributed by atoms with Crippen LogP contribution in [0.3, 0.4) is 0 Å². The molecular weight excluding hydrogens is 488 g/mol. The molecule has 0 fully saturated rings. The van der Waals surface area contributed by atoms with Crippen molar-refractivity contribution in [3.8, 4) is 0 Å². The molecule has 1 aromatic carbocycles. The number of anilines is 2. The normalized spacial score (nSPS) is 18.2. The van der Waals surface area contributed by atoms with Gasteiger partial charge in [0, 0.05) is 51.1 Å². The first-order valence-electron chi connectivity index (χ1n) is 9.72. The number of fused-ring (bicyclic) bond motifs is 1. The van der Waals surface area contributed by atoms with Gasteiger partial charge in [-0.25, -0.2) is 0 Å². The fourth-order valence-corrected chi connectivity index (χ4v) is 5.50. The fourth-order valence-electron chi connectivity index (χ4n) is 3.63. The Kier molecular flexibility index (Phi) is 6.36. The number of thiophene rings is 1. The summed E-state index contributed by atoms with van der Waals surface area (Å²) < 4.78 is 0.875. The topological polar surface area (TPSA) is 74.1 Å². The molecule has 2 aliphatic heterocycles. The van der Waals surface area contributed by atoms with Crippen molar-refractivity contribution in [2.75, 3.05) is 16.8 Å². The first-order chi connectivity index (χ1) is 14.5. The largest absolute Gasteiger partial charge is 0.316 e. The Bertz CT molecular complexity index is 1070. The number of rotatable bonds is 5. The Hall–Kier alpha value is -2.03. The summed E-state index contributed by atoms with van der Waals surface area (Å²) in [7, 11) is 0. The highest BCUT2D eigenvalue weighted by atomic mass is 79.9. The SMILES string of the molecule is CCC1C=NN=C(c2c(Br)csc2NC(=O)CN2C(=O)CCc3ccc(Cl)cc32)C1. The summed E-state index contributed by atoms with van der Waals surface area (Å²) in [5.74, 6) is -0.0110. The lowest BCUT2D eigenvalue weighted by Gasteiger charge is -2.29. The number of nitrogens with zero attached hydrogens (tertiary/aromatic N) is 3. The number of carbonyl (C=O) groups is 2. The molecule has 0 aliphatic carbocycles. The van der Waals surface area contributed by atoms with Crippen LogP contribution >= 0.6 is 38.9 Å². The fraction of sp³-hybridized carbons (Fsp3) is 0.333. The monoisotopic (exact) mass is 506 g/mol. The number of hydrogen-bond donors (Lipinski definition) is 1. The highest BCUT2D eigenvalue weighted by Gasteiger charge is 2.27. The van der Waals surface area contributed by atoms with E-state index >= 15 is 0 Å². The van der Waals surface area contributed by atoms with E-state index < -0.39 is 0 Å². The van der Waals surface area contributed by atoms with Crippen molar-refractivity contribution in [1.82, 2.24) is 0 Å². The summed E-state index contributed by atoms with van der Waals surface area (Å²) in [5.41, 5.74) is 3.43. The first kappa shape index (κ1) is 21.2. The zero-order valence-corrected chi connectivity index (χ0v) is 19.5. The van der Waals surface area contributed by atoms with Gasteiger partial charge in [0.25, 0.3) is 0 Å². The van der Waals surface area contributed by atoms with Crippen LogP contribution in [-0.2, 0) is 16.0 Å². The molecule has 0 radical (unpaired) electrons. The standard InChI is InChI=1S/C21H20BrClN4O2S/c1-2-12-7-16(26-24-9-12)20-15(22)11-30-21(20)25-18(28)10-27-17-8-14(23)5-3-13(17)4-6-19(27)29/h3,5,8-9,11-12H,2,4,6-7,10H2,1H3,(H,25,28). The zero-order valence-electron chi connectivity index (χ0n) is 16.3. The maximum Gasteiger partial charge on any atom is 0.245 e. The summed E-state index contributed by atoms with van der Waals surface area (Å²) in [4.78, 5) is 26.9. The van der Waals surface area contributed by atoms with Crippen LogP contribution in [0.2, 0.25) is 5.02 Å². The molecule has 2 aromatic rings. The molecule has 6 nitrogen and oxygen atoms in total. The van der Waals surface area contributed by atoms with Gasteiger partial charge in [0.2, 0.25) is 11.8 Å². The molecule has 0 saturated heterocycles. The first-order valence-corrected chi connectivity index (χ1v) is 11.8. The summed E-state index contributed by atoms with van der Waals surface area (Å²) in [6, 6.07) is 5.46. The van der Waals surface area contributed by atoms with Crippen LogP contribution in [-0.4, -0.2) is 30.3 Å². The van der Waals surface area contributed by atoms with E-state index in [0.717, 1.165) is 34.2 Å². The van der Waals surface area contributed by atoms with Crippen molar-refractivity contribution >= 4 is 73.3 Å². The third kappa shape index (κ3) is 4.36. The van der Waals surface area contributed by atoms with Crippen LogP contribution < -0.4 is 10.2 Å². The second-order valence-electron chi connectivity index (χ2n) is 7.27. The van der Waals surface area contributed by atoms with E-state index in [1.807, 2.05) is 17.7 Å². The van der Waals surface area contributed by atoms with Gasteiger partial charge in [0.05, 0.1) is 5.71 Å². The Morgan fingerprint density at radius 2 is 2.23 bits per heavy atom. The van der Waals surface area contributed by atoms with Gasteiger partial charge in [0.15, 0.2) is 0 Å². The predicted molar refractivity (Wildman–Crippen MR) is 126 cm³/mol. The Balaban J connectivity index is 1.54. The zero-order chi connectivity index (χ0) is 21.3. The van der Waals surface area contributed by atoms with Gasteiger partial charge in [-0.15, -0.1) is 11.3 Å². The van der Waals surface area contributed by atoms with Crippen LogP contribution in [0.15, 0.2) is 38.3 Å². The number of benzene rings is 1. The molecule has 30 heavy (non-hydrogen) atoms. The lowest BCUT2D eigenvalue weighted by atomic mass is 9.96. The lowest BCUT2D eigenvalue weighted by Crippen LogP contribution is -2.41. The van der Waals surface area contributed by atoms with Gasteiger partial charge < -0.3 is 10.2 Å². The minimum Gasteiger partial charge on any atom is -0.316 e. The van der Waals surface area contributed by atoms with E-state index in [0.29, 0.717) is 34.5 Å². The van der Waals surface area contributed by atoms with Crippen LogP contribution in [0.25, 0.3) is 0 Å². The number of aryl methyl sites for hydroxylation is 1. The van der Waals surface area contributed by atoms with Gasteiger partial charge in [-0.1, -0.05) is 24.6 Å². The van der Waals surface area contributed by atoms with Crippen molar-refractivity contribution in [2.45, 2.75) is 32.6 Å². The molecule has 1 N–H and O–H groups in total. The van der Waals surface area contributed by atoms with Crippen LogP contribution in [0.5, 0.6) is 0 Å². The Morgan fingerprint density at radius 1 is 1.40 bits per heavy atom. The molecule has 0 bridgehead atoms. The van der Waals surface area contributed by atoms with E-state index in [1.54, 1.807) is 12.1 Å². The number of amides is 2. The highest BCUT2D eigenvalue weighted by molar-refractivity contribution is 9.10. The van der Waals surface area contributed by atoms with Gasteiger partial charge >= 0.3 is 0 Å². The third-order valence-electron chi connectivity index (χ3n) is 5.27. The number of carbonyl (C=O) groups excluding carboxylic acids is 2. The van der Waals surface area contributed by atoms with Crippen molar-refractivity contribution in [3.63, 3.8) is 0 Å². The molecule has 3 heterocycles. The van der Waals surface area contributed by atoms with E-state index in [9.17, 15) is 9.59 Å². The smallest absolute Gasteiger partial charge is 0.245 e. The molecule has 1 atom stereocenters. The van der Waals surface area contributed by atoms with Crippen molar-refractivity contribution < 1.29 is 9.59 Å². The molecule has 1 aromatic heterocycles. The molecule has 156 valence electrons. The van der Waals surface area contributed by atoms with E-state index in [1.165, 1.54) is 16.2 Å². The number of hydrogen-bond acceptors (Lipinski definition) is 5. The minimum absolute atomic E-state index is 0.0661. The molecular formula is C21H20BrClN4O2S. The summed E-state index contributed by atoms with van der Waals surface area (Å²) in [6.07, 6.45) is 4.65. The molecule has 0 saturated carbocycles. The van der Waals surface area contributed by atoms with Crippen molar-refractivity contribution in [2.24, 2.45) is 16.1 Å². The highest BCUT2D eigenvalue weighted by Crippen LogP contribution is 2.36. The van der Waals surface area contributed by atoms with Crippen molar-refractivity contribution in [1.29, 1.82) is 0 Å². The average Bonchev–Trinajstić information content (AvgIpc) is 3.10. The molecule has 4 rings (SSSR count). The maximum absolute atomic E-state index is 12.9. The van der Waals surface area contributed by atoms with Crippen LogP contribution in [0, 0.1) is 5.92 Å². The van der Waals surface area contributed by atoms with Gasteiger partial charge in [0.1, 0.15) is 11.5 Å². The minimum atomic E-state index is -0.265. The third-order valence-corrected chi connectivity index (χ3v) is 7.33. The van der Waals surface area contributed by atoms with E-state index in [2.05, 4.69) is 38.4 Å². The van der Waals surface area contributed by atoms with Gasteiger partial charge in [-0.05, 0) is 46.5 Å². The second kappa shape index (κ2) is 8.99. The Morgan fingerprint density at radius 3 is 3.03 bits per heavy atom. The molecule has 1 unspecified atom stereocenters. The predicted octanol–water partition coefficient (Wildman–Crippen LogP) is 5.29. The molecule has 2 aliphatic rings. The van der Waals surface area contributed by atoms with Gasteiger partial charge in [-0.2, -0.15) is 10.2 Å². The maximum atomic E-state index is 12.9. The molecule has 9 heteroatoms. The summed E-state index contributed by atoms with van der Waals surface area (Å²) in [6.45, 7) is 2.05. The quantitative estimate of drug-likeness (QED) is 0.597. The number of nitrogens with one attached hydrogen (secondary N) is 1. The van der Waals surface area contributed by atoms with E-state index in [4.69, 9.17) is 11.6 Å².